The average molecular weight is 443 g/mol. The van der Waals surface area contributed by atoms with E-state index in [4.69, 9.17) is 4.74 Å². The van der Waals surface area contributed by atoms with Gasteiger partial charge in [0.2, 0.25) is 5.82 Å². The molecular weight excluding hydrogens is 402 g/mol. The lowest BCUT2D eigenvalue weighted by atomic mass is 9.80. The molecule has 0 bridgehead atoms. The maximum Gasteiger partial charge on any atom is 0.201 e. The summed E-state index contributed by atoms with van der Waals surface area (Å²) in [6.07, 6.45) is 14.5. The number of ether oxygens (including phenoxy) is 1. The van der Waals surface area contributed by atoms with E-state index in [0.717, 1.165) is 25.2 Å². The van der Waals surface area contributed by atoms with Crippen molar-refractivity contribution in [2.24, 2.45) is 11.8 Å². The van der Waals surface area contributed by atoms with E-state index in [1.54, 1.807) is 12.1 Å². The second kappa shape index (κ2) is 13.0. The second-order valence-electron chi connectivity index (χ2n) is 9.59. The molecule has 1 aliphatic rings. The number of halogens is 2. The van der Waals surface area contributed by atoms with Crippen LogP contribution in [0.4, 0.5) is 8.78 Å². The first-order valence-corrected chi connectivity index (χ1v) is 12.8. The van der Waals surface area contributed by atoms with Gasteiger partial charge < -0.3 is 4.74 Å². The minimum Gasteiger partial charge on any atom is -0.490 e. The van der Waals surface area contributed by atoms with Gasteiger partial charge in [0, 0.05) is 5.56 Å². The van der Waals surface area contributed by atoms with Crippen LogP contribution in [0.1, 0.15) is 90.0 Å². The molecule has 0 aromatic heterocycles. The van der Waals surface area contributed by atoms with Gasteiger partial charge in [-0.2, -0.15) is 4.39 Å². The van der Waals surface area contributed by atoms with Crippen LogP contribution in [0.2, 0.25) is 0 Å². The lowest BCUT2D eigenvalue weighted by molar-refractivity contribution is 0.173. The Bertz CT molecular complexity index is 807. The zero-order valence-corrected chi connectivity index (χ0v) is 20.0. The number of rotatable bonds is 12. The van der Waals surface area contributed by atoms with Crippen LogP contribution in [0.5, 0.6) is 5.75 Å². The summed E-state index contributed by atoms with van der Waals surface area (Å²) in [5.74, 6) is -0.383. The standard InChI is InChI=1S/C29H40F2O/c1-3-5-6-7-8-10-23-15-17-25(18-16-23)26-19-20-27(29(31)28(26)30)32-21-24-13-11-22(9-4-2)12-14-24/h15-20,22,24H,3-14,21H2,1-2H3. The van der Waals surface area contributed by atoms with Crippen molar-refractivity contribution in [3.05, 3.63) is 53.6 Å². The number of benzene rings is 2. The fraction of sp³-hybridized carbons (Fsp3) is 0.586. The molecule has 0 unspecified atom stereocenters. The van der Waals surface area contributed by atoms with Crippen molar-refractivity contribution in [1.82, 2.24) is 0 Å². The zero-order chi connectivity index (χ0) is 22.8. The fourth-order valence-electron chi connectivity index (χ4n) is 4.95. The summed E-state index contributed by atoms with van der Waals surface area (Å²) in [5.41, 5.74) is 2.25. The summed E-state index contributed by atoms with van der Waals surface area (Å²) in [6, 6.07) is 11.1. The summed E-state index contributed by atoms with van der Waals surface area (Å²) in [4.78, 5) is 0. The highest BCUT2D eigenvalue weighted by Crippen LogP contribution is 2.34. The summed E-state index contributed by atoms with van der Waals surface area (Å²) in [5, 5.41) is 0. The molecule has 0 atom stereocenters. The third-order valence-electron chi connectivity index (χ3n) is 7.02. The van der Waals surface area contributed by atoms with E-state index < -0.39 is 11.6 Å². The number of unbranched alkanes of at least 4 members (excludes halogenated alkanes) is 4. The number of hydrogen-bond donors (Lipinski definition) is 0. The summed E-state index contributed by atoms with van der Waals surface area (Å²) >= 11 is 0. The molecule has 3 rings (SSSR count). The topological polar surface area (TPSA) is 9.23 Å². The molecule has 0 N–H and O–H groups in total. The summed E-state index contributed by atoms with van der Waals surface area (Å²) < 4.78 is 35.2. The lowest BCUT2D eigenvalue weighted by Crippen LogP contribution is -2.20. The molecule has 2 aromatic carbocycles. The van der Waals surface area contributed by atoms with E-state index in [-0.39, 0.29) is 5.75 Å². The Labute approximate surface area is 193 Å². The molecule has 1 nitrogen and oxygen atoms in total. The van der Waals surface area contributed by atoms with Gasteiger partial charge in [0.05, 0.1) is 6.61 Å². The molecule has 32 heavy (non-hydrogen) atoms. The largest absolute Gasteiger partial charge is 0.490 e. The van der Waals surface area contributed by atoms with Crippen LogP contribution in [0.25, 0.3) is 11.1 Å². The second-order valence-corrected chi connectivity index (χ2v) is 9.59. The van der Waals surface area contributed by atoms with E-state index in [1.165, 1.54) is 63.4 Å². The van der Waals surface area contributed by atoms with Crippen molar-refractivity contribution in [1.29, 1.82) is 0 Å². The van der Waals surface area contributed by atoms with E-state index in [1.807, 2.05) is 24.3 Å². The van der Waals surface area contributed by atoms with Crippen LogP contribution in [-0.4, -0.2) is 6.61 Å². The predicted molar refractivity (Wildman–Crippen MR) is 130 cm³/mol. The van der Waals surface area contributed by atoms with Crippen LogP contribution in [0.15, 0.2) is 36.4 Å². The van der Waals surface area contributed by atoms with Gasteiger partial charge in [0.25, 0.3) is 0 Å². The Kier molecular flexibility index (Phi) is 10.0. The summed E-state index contributed by atoms with van der Waals surface area (Å²) in [6.45, 7) is 4.93. The van der Waals surface area contributed by atoms with Crippen LogP contribution in [-0.2, 0) is 6.42 Å². The molecule has 176 valence electrons. The smallest absolute Gasteiger partial charge is 0.201 e. The van der Waals surface area contributed by atoms with Crippen molar-refractivity contribution in [3.63, 3.8) is 0 Å². The first-order chi connectivity index (χ1) is 15.6. The van der Waals surface area contributed by atoms with Crippen molar-refractivity contribution < 1.29 is 13.5 Å². The minimum absolute atomic E-state index is 0.0330. The van der Waals surface area contributed by atoms with E-state index >= 15 is 0 Å². The molecular formula is C29H40F2O. The first-order valence-electron chi connectivity index (χ1n) is 12.8. The van der Waals surface area contributed by atoms with Crippen molar-refractivity contribution >= 4 is 0 Å². The molecule has 1 fully saturated rings. The average Bonchev–Trinajstić information content (AvgIpc) is 2.82. The van der Waals surface area contributed by atoms with Crippen LogP contribution in [0, 0.1) is 23.5 Å². The molecule has 0 spiro atoms. The van der Waals surface area contributed by atoms with Crippen LogP contribution < -0.4 is 4.74 Å². The van der Waals surface area contributed by atoms with Gasteiger partial charge >= 0.3 is 0 Å². The van der Waals surface area contributed by atoms with Gasteiger partial charge in [-0.1, -0.05) is 89.5 Å². The molecule has 0 amide bonds. The Hall–Kier alpha value is -1.90. The molecule has 0 saturated heterocycles. The van der Waals surface area contributed by atoms with Crippen molar-refractivity contribution in [3.8, 4) is 16.9 Å². The van der Waals surface area contributed by atoms with Gasteiger partial charge in [-0.3, -0.25) is 0 Å². The van der Waals surface area contributed by atoms with E-state index in [2.05, 4.69) is 13.8 Å². The lowest BCUT2D eigenvalue weighted by Gasteiger charge is -2.28. The van der Waals surface area contributed by atoms with Gasteiger partial charge in [-0.05, 0) is 60.8 Å². The maximum absolute atomic E-state index is 14.8. The third-order valence-corrected chi connectivity index (χ3v) is 7.02. The fourth-order valence-corrected chi connectivity index (χ4v) is 4.95. The van der Waals surface area contributed by atoms with Gasteiger partial charge in [-0.25, -0.2) is 4.39 Å². The molecule has 0 aliphatic heterocycles. The van der Waals surface area contributed by atoms with Gasteiger partial charge in [0.1, 0.15) is 0 Å². The Morgan fingerprint density at radius 3 is 2.12 bits per heavy atom. The van der Waals surface area contributed by atoms with Crippen molar-refractivity contribution in [2.45, 2.75) is 90.9 Å². The van der Waals surface area contributed by atoms with Gasteiger partial charge in [0.15, 0.2) is 11.6 Å². The predicted octanol–water partition coefficient (Wildman–Crippen LogP) is 9.13. The van der Waals surface area contributed by atoms with Crippen LogP contribution in [0.3, 0.4) is 0 Å². The highest BCUT2D eigenvalue weighted by atomic mass is 19.2. The zero-order valence-electron chi connectivity index (χ0n) is 20.0. The molecule has 2 aromatic rings. The summed E-state index contributed by atoms with van der Waals surface area (Å²) in [7, 11) is 0. The molecule has 0 heterocycles. The quantitative estimate of drug-likeness (QED) is 0.298. The van der Waals surface area contributed by atoms with E-state index in [9.17, 15) is 8.78 Å². The molecule has 1 aliphatic carbocycles. The highest BCUT2D eigenvalue weighted by Gasteiger charge is 2.22. The van der Waals surface area contributed by atoms with E-state index in [0.29, 0.717) is 23.7 Å². The monoisotopic (exact) mass is 442 g/mol. The van der Waals surface area contributed by atoms with Crippen LogP contribution >= 0.6 is 0 Å². The maximum atomic E-state index is 14.8. The normalized spacial score (nSPS) is 18.6. The highest BCUT2D eigenvalue weighted by molar-refractivity contribution is 5.65. The SMILES string of the molecule is CCCCCCCc1ccc(-c2ccc(OCC3CCC(CCC)CC3)c(F)c2F)cc1. The van der Waals surface area contributed by atoms with Crippen molar-refractivity contribution in [2.75, 3.05) is 6.61 Å². The minimum atomic E-state index is -0.873. The Morgan fingerprint density at radius 1 is 0.750 bits per heavy atom. The molecule has 0 radical (unpaired) electrons. The first kappa shape index (κ1) is 24.7. The molecule has 1 saturated carbocycles. The number of hydrogen-bond acceptors (Lipinski definition) is 1. The third kappa shape index (κ3) is 7.05. The molecule has 3 heteroatoms. The number of aryl methyl sites for hydroxylation is 1. The van der Waals surface area contributed by atoms with Gasteiger partial charge in [-0.15, -0.1) is 0 Å². The Balaban J connectivity index is 1.54. The Morgan fingerprint density at radius 2 is 1.44 bits per heavy atom.